The number of hydrogen-bond acceptors (Lipinski definition) is 7. The van der Waals surface area contributed by atoms with Gasteiger partial charge in [-0.15, -0.1) is 0 Å². The van der Waals surface area contributed by atoms with Crippen molar-refractivity contribution in [3.8, 4) is 0 Å². The molecule has 0 aliphatic heterocycles. The van der Waals surface area contributed by atoms with Gasteiger partial charge in [-0.2, -0.15) is 4.99 Å². The number of ether oxygens (including phenoxy) is 1. The molecule has 0 aliphatic rings. The number of sulfone groups is 2. The fourth-order valence-electron chi connectivity index (χ4n) is 3.27. The summed E-state index contributed by atoms with van der Waals surface area (Å²) in [5, 5.41) is 0. The van der Waals surface area contributed by atoms with Crippen LogP contribution in [-0.4, -0.2) is 53.0 Å². The molecule has 11 heteroatoms. The lowest BCUT2D eigenvalue weighted by molar-refractivity contribution is -0.118. The van der Waals surface area contributed by atoms with Crippen LogP contribution >= 0.6 is 11.3 Å². The maximum absolute atomic E-state index is 12.5. The highest BCUT2D eigenvalue weighted by atomic mass is 32.2. The van der Waals surface area contributed by atoms with Crippen molar-refractivity contribution in [1.29, 1.82) is 0 Å². The zero-order valence-electron chi connectivity index (χ0n) is 18.4. The van der Waals surface area contributed by atoms with Crippen LogP contribution < -0.4 is 4.80 Å². The van der Waals surface area contributed by atoms with Gasteiger partial charge in [-0.1, -0.05) is 41.7 Å². The highest BCUT2D eigenvalue weighted by Gasteiger charge is 2.15. The summed E-state index contributed by atoms with van der Waals surface area (Å²) in [6.07, 6.45) is 1.32. The fraction of sp³-hybridized carbons (Fsp3) is 0.364. The molecule has 3 aromatic rings. The van der Waals surface area contributed by atoms with Gasteiger partial charge in [0.15, 0.2) is 24.5 Å². The van der Waals surface area contributed by atoms with E-state index < -0.39 is 25.6 Å². The van der Waals surface area contributed by atoms with Gasteiger partial charge in [0.25, 0.3) is 0 Å². The number of rotatable bonds is 10. The number of aromatic nitrogens is 1. The summed E-state index contributed by atoms with van der Waals surface area (Å²) in [7, 11) is -5.14. The predicted octanol–water partition coefficient (Wildman–Crippen LogP) is 2.58. The average Bonchev–Trinajstić information content (AvgIpc) is 3.07. The molecular formula is C22H26N2O6S3. The van der Waals surface area contributed by atoms with Gasteiger partial charge < -0.3 is 9.30 Å². The van der Waals surface area contributed by atoms with Crippen LogP contribution in [0.1, 0.15) is 18.4 Å². The normalized spacial score (nSPS) is 13.0. The number of carbonyl (C=O) groups excluding carboxylic acids is 1. The van der Waals surface area contributed by atoms with Crippen molar-refractivity contribution >= 4 is 47.1 Å². The summed E-state index contributed by atoms with van der Waals surface area (Å²) in [5.41, 5.74) is 1.47. The monoisotopic (exact) mass is 510 g/mol. The number of amides is 1. The van der Waals surface area contributed by atoms with Gasteiger partial charge >= 0.3 is 0 Å². The minimum atomic E-state index is -3.37. The Balaban J connectivity index is 1.77. The molecule has 0 saturated carbocycles. The SMILES string of the molecule is COCCn1c(=NC(=O)CCCS(=O)(=O)Cc2ccccc2)sc2cc(S(C)(=O)=O)ccc21. The van der Waals surface area contributed by atoms with Gasteiger partial charge in [-0.25, -0.2) is 16.8 Å². The Bertz CT molecular complexity index is 1410. The third-order valence-electron chi connectivity index (χ3n) is 4.90. The first-order valence-electron chi connectivity index (χ1n) is 10.2. The Labute approximate surface area is 197 Å². The van der Waals surface area contributed by atoms with Crippen molar-refractivity contribution in [2.24, 2.45) is 4.99 Å². The quantitative estimate of drug-likeness (QED) is 0.414. The molecule has 0 bridgehead atoms. The largest absolute Gasteiger partial charge is 0.383 e. The van der Waals surface area contributed by atoms with Crippen molar-refractivity contribution in [3.05, 3.63) is 58.9 Å². The van der Waals surface area contributed by atoms with Crippen molar-refractivity contribution in [3.63, 3.8) is 0 Å². The summed E-state index contributed by atoms with van der Waals surface area (Å²) in [6, 6.07) is 13.7. The standard InChI is InChI=1S/C22H26N2O6S3/c1-30-13-12-24-19-11-10-18(32(2,26)27)15-20(19)31-22(24)23-21(25)9-6-14-33(28,29)16-17-7-4-3-5-8-17/h3-5,7-8,10-11,15H,6,9,12-14,16H2,1-2H3. The van der Waals surface area contributed by atoms with E-state index in [1.807, 2.05) is 6.07 Å². The lowest BCUT2D eigenvalue weighted by atomic mass is 10.2. The van der Waals surface area contributed by atoms with Crippen LogP contribution in [0.3, 0.4) is 0 Å². The lowest BCUT2D eigenvalue weighted by Gasteiger charge is -2.05. The molecule has 1 heterocycles. The van der Waals surface area contributed by atoms with Gasteiger partial charge in [-0.3, -0.25) is 4.79 Å². The third-order valence-corrected chi connectivity index (χ3v) is 8.73. The Morgan fingerprint density at radius 3 is 2.48 bits per heavy atom. The van der Waals surface area contributed by atoms with E-state index in [0.717, 1.165) is 11.8 Å². The van der Waals surface area contributed by atoms with Crippen LogP contribution in [0.5, 0.6) is 0 Å². The second-order valence-corrected chi connectivity index (χ2v) is 12.8. The molecule has 8 nitrogen and oxygen atoms in total. The van der Waals surface area contributed by atoms with Gasteiger partial charge in [-0.05, 0) is 30.2 Å². The molecule has 33 heavy (non-hydrogen) atoms. The summed E-state index contributed by atoms with van der Waals surface area (Å²) in [5.74, 6) is -0.586. The summed E-state index contributed by atoms with van der Waals surface area (Å²) < 4.78 is 56.1. The van der Waals surface area contributed by atoms with Crippen LogP contribution in [0.2, 0.25) is 0 Å². The Hall–Kier alpha value is -2.34. The molecule has 1 aromatic heterocycles. The second-order valence-electron chi connectivity index (χ2n) is 7.62. The molecule has 3 rings (SSSR count). The highest BCUT2D eigenvalue weighted by Crippen LogP contribution is 2.22. The number of methoxy groups -OCH3 is 1. The summed E-state index contributed by atoms with van der Waals surface area (Å²) in [4.78, 5) is 17.3. The number of benzene rings is 2. The molecular weight excluding hydrogens is 484 g/mol. The lowest BCUT2D eigenvalue weighted by Crippen LogP contribution is -2.19. The molecule has 0 N–H and O–H groups in total. The summed E-state index contributed by atoms with van der Waals surface area (Å²) >= 11 is 1.21. The molecule has 178 valence electrons. The molecule has 2 aromatic carbocycles. The first kappa shape index (κ1) is 25.3. The number of nitrogens with zero attached hydrogens (tertiary/aromatic N) is 2. The second kappa shape index (κ2) is 10.7. The minimum absolute atomic E-state index is 0.00112. The molecule has 0 saturated heterocycles. The predicted molar refractivity (Wildman–Crippen MR) is 129 cm³/mol. The third kappa shape index (κ3) is 7.07. The molecule has 0 radical (unpaired) electrons. The Kier molecular flexibility index (Phi) is 8.22. The molecule has 0 spiro atoms. The van der Waals surface area contributed by atoms with Crippen LogP contribution in [0, 0.1) is 0 Å². The molecule has 0 atom stereocenters. The first-order valence-corrected chi connectivity index (χ1v) is 14.8. The minimum Gasteiger partial charge on any atom is -0.383 e. The molecule has 1 amide bonds. The van der Waals surface area contributed by atoms with E-state index in [0.29, 0.717) is 28.2 Å². The van der Waals surface area contributed by atoms with E-state index in [4.69, 9.17) is 4.74 Å². The zero-order valence-corrected chi connectivity index (χ0v) is 20.9. The maximum atomic E-state index is 12.5. The van der Waals surface area contributed by atoms with Gasteiger partial charge in [0.1, 0.15) is 0 Å². The van der Waals surface area contributed by atoms with Crippen molar-refractivity contribution in [1.82, 2.24) is 4.57 Å². The topological polar surface area (TPSA) is 112 Å². The van der Waals surface area contributed by atoms with Crippen molar-refractivity contribution < 1.29 is 26.4 Å². The first-order chi connectivity index (χ1) is 15.6. The smallest absolute Gasteiger partial charge is 0.248 e. The van der Waals surface area contributed by atoms with Gasteiger partial charge in [0.2, 0.25) is 5.91 Å². The molecule has 0 unspecified atom stereocenters. The van der Waals surface area contributed by atoms with E-state index in [9.17, 15) is 21.6 Å². The van der Waals surface area contributed by atoms with Crippen LogP contribution in [-0.2, 0) is 41.5 Å². The van der Waals surface area contributed by atoms with Crippen LogP contribution in [0.15, 0.2) is 58.4 Å². The highest BCUT2D eigenvalue weighted by molar-refractivity contribution is 7.91. The van der Waals surface area contributed by atoms with Gasteiger partial charge in [0.05, 0.1) is 33.2 Å². The number of hydrogen-bond donors (Lipinski definition) is 0. The number of thiazole rings is 1. The Morgan fingerprint density at radius 2 is 1.82 bits per heavy atom. The van der Waals surface area contributed by atoms with Crippen molar-refractivity contribution in [2.75, 3.05) is 25.7 Å². The van der Waals surface area contributed by atoms with E-state index in [-0.39, 0.29) is 29.2 Å². The van der Waals surface area contributed by atoms with Crippen LogP contribution in [0.4, 0.5) is 0 Å². The average molecular weight is 511 g/mol. The zero-order chi connectivity index (χ0) is 24.1. The van der Waals surface area contributed by atoms with E-state index >= 15 is 0 Å². The Morgan fingerprint density at radius 1 is 1.09 bits per heavy atom. The van der Waals surface area contributed by atoms with E-state index in [1.54, 1.807) is 48.1 Å². The summed E-state index contributed by atoms with van der Waals surface area (Å²) in [6.45, 7) is 0.824. The molecule has 0 aliphatic carbocycles. The maximum Gasteiger partial charge on any atom is 0.248 e. The van der Waals surface area contributed by atoms with Gasteiger partial charge in [0, 0.05) is 26.3 Å². The van der Waals surface area contributed by atoms with E-state index in [2.05, 4.69) is 4.99 Å². The van der Waals surface area contributed by atoms with Crippen molar-refractivity contribution in [2.45, 2.75) is 30.0 Å². The fourth-order valence-corrected chi connectivity index (χ4v) is 6.54. The number of fused-ring (bicyclic) bond motifs is 1. The molecule has 0 fully saturated rings. The van der Waals surface area contributed by atoms with Crippen LogP contribution in [0.25, 0.3) is 10.2 Å². The number of carbonyl (C=O) groups is 1. The van der Waals surface area contributed by atoms with E-state index in [1.165, 1.54) is 17.4 Å².